The molecule has 0 aliphatic rings. The van der Waals surface area contributed by atoms with Crippen molar-refractivity contribution in [3.05, 3.63) is 49.1 Å². The Bertz CT molecular complexity index is 1150. The number of nitrogens with zero attached hydrogens (tertiary/aromatic N) is 5. The van der Waals surface area contributed by atoms with Gasteiger partial charge in [0.15, 0.2) is 0 Å². The van der Waals surface area contributed by atoms with E-state index in [1.165, 1.54) is 0 Å². The van der Waals surface area contributed by atoms with E-state index in [9.17, 15) is 13.2 Å². The summed E-state index contributed by atoms with van der Waals surface area (Å²) >= 11 is 0. The molecule has 0 fully saturated rings. The number of halogens is 3. The first-order valence-electron chi connectivity index (χ1n) is 8.61. The zero-order valence-corrected chi connectivity index (χ0v) is 15.2. The molecule has 6 nitrogen and oxygen atoms in total. The zero-order chi connectivity index (χ0) is 19.9. The molecule has 0 unspecified atom stereocenters. The molecule has 9 heteroatoms. The molecule has 0 amide bonds. The molecule has 0 saturated carbocycles. The molecule has 0 aliphatic heterocycles. The largest absolute Gasteiger partial charge is 0.395 e. The lowest BCUT2D eigenvalue weighted by atomic mass is 9.93. The molecule has 0 bridgehead atoms. The van der Waals surface area contributed by atoms with E-state index in [4.69, 9.17) is 0 Å². The Hall–Kier alpha value is -3.23. The average Bonchev–Trinajstić information content (AvgIpc) is 3.08. The predicted molar refractivity (Wildman–Crippen MR) is 99.8 cm³/mol. The number of hydrogen-bond donors (Lipinski definition) is 1. The maximum atomic E-state index is 13.0. The highest BCUT2D eigenvalue weighted by Gasteiger charge is 2.47. The second-order valence-electron chi connectivity index (χ2n) is 7.14. The third-order valence-corrected chi connectivity index (χ3v) is 4.65. The molecule has 3 aromatic heterocycles. The fourth-order valence-electron chi connectivity index (χ4n) is 2.76. The van der Waals surface area contributed by atoms with Gasteiger partial charge < -0.3 is 5.32 Å². The van der Waals surface area contributed by atoms with Crippen molar-refractivity contribution in [2.45, 2.75) is 20.0 Å². The summed E-state index contributed by atoms with van der Waals surface area (Å²) < 4.78 is 40.6. The normalized spacial score (nSPS) is 12.6. The minimum Gasteiger partial charge on any atom is -0.352 e. The molecule has 4 rings (SSSR count). The van der Waals surface area contributed by atoms with Crippen LogP contribution in [0.2, 0.25) is 0 Å². The highest BCUT2D eigenvalue weighted by Crippen LogP contribution is 2.37. The van der Waals surface area contributed by atoms with Crippen molar-refractivity contribution in [2.75, 3.05) is 11.9 Å². The van der Waals surface area contributed by atoms with Gasteiger partial charge in [0, 0.05) is 30.7 Å². The van der Waals surface area contributed by atoms with Crippen molar-refractivity contribution in [2.24, 2.45) is 5.41 Å². The number of nitrogens with one attached hydrogen (secondary N) is 1. The van der Waals surface area contributed by atoms with Gasteiger partial charge in [-0.25, -0.2) is 9.50 Å². The number of aromatic nitrogens is 5. The van der Waals surface area contributed by atoms with E-state index >= 15 is 0 Å². The quantitative estimate of drug-likeness (QED) is 0.565. The van der Waals surface area contributed by atoms with Crippen LogP contribution in [0.25, 0.3) is 27.7 Å². The van der Waals surface area contributed by atoms with Gasteiger partial charge in [-0.2, -0.15) is 13.2 Å². The lowest BCUT2D eigenvalue weighted by molar-refractivity contribution is -0.206. The minimum absolute atomic E-state index is 0.136. The summed E-state index contributed by atoms with van der Waals surface area (Å²) in [5.74, 6) is 0.136. The predicted octanol–water partition coefficient (Wildman–Crippen LogP) is 4.34. The van der Waals surface area contributed by atoms with Gasteiger partial charge in [-0.15, -0.1) is 5.10 Å². The standard InChI is InChI=1S/C19H17F3N6/c1-18(2,19(20,21)22)11-26-17-25-10-16-13(5-8-28(16)27-17)12-3-4-14-15(9-12)24-7-6-23-14/h3-10H,11H2,1-2H3,(H,26,27). The SMILES string of the molecule is CC(C)(CNc1ncc2c(-c3ccc4nccnc4c3)ccn2n1)C(F)(F)F. The second-order valence-corrected chi connectivity index (χ2v) is 7.14. The first-order valence-corrected chi connectivity index (χ1v) is 8.61. The number of anilines is 1. The van der Waals surface area contributed by atoms with E-state index in [-0.39, 0.29) is 12.5 Å². The van der Waals surface area contributed by atoms with Gasteiger partial charge in [-0.05, 0) is 37.6 Å². The molecule has 3 heterocycles. The van der Waals surface area contributed by atoms with Gasteiger partial charge >= 0.3 is 6.18 Å². The third kappa shape index (κ3) is 3.23. The summed E-state index contributed by atoms with van der Waals surface area (Å²) in [6.45, 7) is 1.95. The zero-order valence-electron chi connectivity index (χ0n) is 15.2. The first kappa shape index (κ1) is 18.1. The number of hydrogen-bond acceptors (Lipinski definition) is 5. The van der Waals surface area contributed by atoms with Gasteiger partial charge in [0.2, 0.25) is 5.95 Å². The first-order chi connectivity index (χ1) is 13.2. The Morgan fingerprint density at radius 3 is 2.50 bits per heavy atom. The van der Waals surface area contributed by atoms with Crippen LogP contribution in [-0.2, 0) is 0 Å². The molecular weight excluding hydrogens is 369 g/mol. The monoisotopic (exact) mass is 386 g/mol. The molecule has 0 atom stereocenters. The number of rotatable bonds is 4. The fourth-order valence-corrected chi connectivity index (χ4v) is 2.76. The van der Waals surface area contributed by atoms with Gasteiger partial charge in [0.25, 0.3) is 0 Å². The highest BCUT2D eigenvalue weighted by atomic mass is 19.4. The van der Waals surface area contributed by atoms with E-state index in [0.29, 0.717) is 0 Å². The van der Waals surface area contributed by atoms with Crippen LogP contribution in [0.15, 0.2) is 49.1 Å². The van der Waals surface area contributed by atoms with Crippen molar-refractivity contribution in [1.29, 1.82) is 0 Å². The summed E-state index contributed by atoms with van der Waals surface area (Å²) in [7, 11) is 0. The van der Waals surface area contributed by atoms with Crippen LogP contribution in [0.3, 0.4) is 0 Å². The summed E-state index contributed by atoms with van der Waals surface area (Å²) in [5, 5.41) is 6.94. The Kier molecular flexibility index (Phi) is 4.17. The fraction of sp³-hybridized carbons (Fsp3) is 0.263. The van der Waals surface area contributed by atoms with E-state index in [1.807, 2.05) is 24.3 Å². The molecule has 1 aromatic carbocycles. The summed E-state index contributed by atoms with van der Waals surface area (Å²) in [4.78, 5) is 12.7. The molecular formula is C19H17F3N6. The van der Waals surface area contributed by atoms with Crippen LogP contribution in [-0.4, -0.2) is 37.3 Å². The highest BCUT2D eigenvalue weighted by molar-refractivity contribution is 5.86. The maximum absolute atomic E-state index is 13.0. The lowest BCUT2D eigenvalue weighted by Crippen LogP contribution is -2.38. The summed E-state index contributed by atoms with van der Waals surface area (Å²) in [6, 6.07) is 7.63. The second kappa shape index (κ2) is 6.43. The smallest absolute Gasteiger partial charge is 0.352 e. The summed E-state index contributed by atoms with van der Waals surface area (Å²) in [5.41, 5.74) is 2.24. The Morgan fingerprint density at radius 2 is 1.75 bits per heavy atom. The van der Waals surface area contributed by atoms with E-state index in [2.05, 4.69) is 25.4 Å². The molecule has 144 valence electrons. The minimum atomic E-state index is -4.32. The molecule has 0 aliphatic carbocycles. The Labute approximate surface area is 158 Å². The number of fused-ring (bicyclic) bond motifs is 2. The van der Waals surface area contributed by atoms with E-state index in [1.54, 1.807) is 29.3 Å². The topological polar surface area (TPSA) is 68.0 Å². The van der Waals surface area contributed by atoms with E-state index < -0.39 is 11.6 Å². The molecule has 4 aromatic rings. The van der Waals surface area contributed by atoms with Gasteiger partial charge in [0.1, 0.15) is 0 Å². The third-order valence-electron chi connectivity index (χ3n) is 4.65. The van der Waals surface area contributed by atoms with Crippen LogP contribution >= 0.6 is 0 Å². The molecule has 28 heavy (non-hydrogen) atoms. The van der Waals surface area contributed by atoms with Gasteiger partial charge in [-0.3, -0.25) is 9.97 Å². The van der Waals surface area contributed by atoms with Crippen LogP contribution in [0, 0.1) is 5.41 Å². The average molecular weight is 386 g/mol. The van der Waals surface area contributed by atoms with Crippen LogP contribution < -0.4 is 5.32 Å². The van der Waals surface area contributed by atoms with Crippen molar-refractivity contribution in [1.82, 2.24) is 24.6 Å². The maximum Gasteiger partial charge on any atom is 0.395 e. The number of benzene rings is 1. The van der Waals surface area contributed by atoms with Crippen molar-refractivity contribution in [3.8, 4) is 11.1 Å². The van der Waals surface area contributed by atoms with Crippen molar-refractivity contribution >= 4 is 22.5 Å². The Morgan fingerprint density at radius 1 is 1.00 bits per heavy atom. The number of alkyl halides is 3. The van der Waals surface area contributed by atoms with Crippen LogP contribution in [0.4, 0.5) is 19.1 Å². The molecule has 0 radical (unpaired) electrons. The lowest BCUT2D eigenvalue weighted by Gasteiger charge is -2.27. The van der Waals surface area contributed by atoms with Gasteiger partial charge in [-0.1, -0.05) is 6.07 Å². The van der Waals surface area contributed by atoms with E-state index in [0.717, 1.165) is 41.5 Å². The van der Waals surface area contributed by atoms with Crippen molar-refractivity contribution < 1.29 is 13.2 Å². The Balaban J connectivity index is 1.62. The van der Waals surface area contributed by atoms with Crippen LogP contribution in [0.5, 0.6) is 0 Å². The molecule has 0 saturated heterocycles. The van der Waals surface area contributed by atoms with Gasteiger partial charge in [0.05, 0.1) is 28.2 Å². The van der Waals surface area contributed by atoms with Crippen LogP contribution in [0.1, 0.15) is 13.8 Å². The molecule has 0 spiro atoms. The molecule has 1 N–H and O–H groups in total. The van der Waals surface area contributed by atoms with Crippen molar-refractivity contribution in [3.63, 3.8) is 0 Å². The summed E-state index contributed by atoms with van der Waals surface area (Å²) in [6.07, 6.45) is 2.29.